The van der Waals surface area contributed by atoms with E-state index in [9.17, 15) is 14.4 Å². The second kappa shape index (κ2) is 8.81. The molecular formula is C29H25N3O5. The first-order valence-electron chi connectivity index (χ1n) is 12.0. The molecule has 6 rings (SSSR count). The largest absolute Gasteiger partial charge is 0.497 e. The van der Waals surface area contributed by atoms with Crippen molar-refractivity contribution in [1.82, 2.24) is 0 Å². The number of hydrogen-bond acceptors (Lipinski definition) is 6. The molecular weight excluding hydrogens is 470 g/mol. The van der Waals surface area contributed by atoms with Gasteiger partial charge in [-0.25, -0.2) is 4.90 Å². The molecule has 0 radical (unpaired) electrons. The predicted octanol–water partition coefficient (Wildman–Crippen LogP) is 3.73. The quantitative estimate of drug-likeness (QED) is 0.543. The van der Waals surface area contributed by atoms with Gasteiger partial charge in [-0.15, -0.1) is 0 Å². The van der Waals surface area contributed by atoms with E-state index in [0.717, 1.165) is 11.3 Å². The molecule has 0 spiro atoms. The van der Waals surface area contributed by atoms with Crippen molar-refractivity contribution in [2.75, 3.05) is 29.3 Å². The summed E-state index contributed by atoms with van der Waals surface area (Å²) in [5.74, 6) is -1.62. The Bertz CT molecular complexity index is 1440. The van der Waals surface area contributed by atoms with E-state index in [0.29, 0.717) is 22.9 Å². The second-order valence-corrected chi connectivity index (χ2v) is 9.22. The molecule has 2 fully saturated rings. The number of nitrogens with zero attached hydrogens (tertiary/aromatic N) is 2. The van der Waals surface area contributed by atoms with Gasteiger partial charge in [-0.1, -0.05) is 48.6 Å². The highest BCUT2D eigenvalue weighted by Gasteiger charge is 2.64. The third kappa shape index (κ3) is 3.48. The third-order valence-electron chi connectivity index (χ3n) is 7.36. The maximum Gasteiger partial charge on any atom is 0.248 e. The standard InChI is InChI=1S/C29H25N3O5/c1-36-19-13-15-23(37-2)20(16-19)30-27(33)26-25-24(22-14-12-17-8-6-7-11-21(17)32(22)26)28(34)31(29(25)35)18-9-4-3-5-10-18/h3-16,22,24-26H,1-2H3,(H,30,33)/t22-,24-,25+,26-/m1/s1. The van der Waals surface area contributed by atoms with Gasteiger partial charge in [-0.05, 0) is 35.9 Å². The van der Waals surface area contributed by atoms with Crippen LogP contribution in [0.3, 0.4) is 0 Å². The normalized spacial score (nSPS) is 23.4. The van der Waals surface area contributed by atoms with Gasteiger partial charge in [-0.3, -0.25) is 14.4 Å². The molecule has 3 aromatic rings. The maximum absolute atomic E-state index is 14.0. The van der Waals surface area contributed by atoms with E-state index >= 15 is 0 Å². The zero-order chi connectivity index (χ0) is 25.7. The van der Waals surface area contributed by atoms with Crippen LogP contribution in [0.4, 0.5) is 17.1 Å². The highest BCUT2D eigenvalue weighted by molar-refractivity contribution is 6.25. The topological polar surface area (TPSA) is 88.2 Å². The molecule has 0 saturated carbocycles. The molecule has 2 saturated heterocycles. The second-order valence-electron chi connectivity index (χ2n) is 9.22. The van der Waals surface area contributed by atoms with Gasteiger partial charge < -0.3 is 19.7 Å². The van der Waals surface area contributed by atoms with Crippen LogP contribution >= 0.6 is 0 Å². The minimum atomic E-state index is -0.915. The van der Waals surface area contributed by atoms with Crippen LogP contribution in [0.15, 0.2) is 78.9 Å². The predicted molar refractivity (Wildman–Crippen MR) is 140 cm³/mol. The Hall–Kier alpha value is -4.59. The van der Waals surface area contributed by atoms with Crippen molar-refractivity contribution in [3.05, 3.63) is 84.4 Å². The lowest BCUT2D eigenvalue weighted by molar-refractivity contribution is -0.126. The lowest BCUT2D eigenvalue weighted by Crippen LogP contribution is -2.50. The number of carbonyl (C=O) groups is 3. The van der Waals surface area contributed by atoms with Gasteiger partial charge in [0.15, 0.2) is 0 Å². The number of carbonyl (C=O) groups excluding carboxylic acids is 3. The molecule has 3 amide bonds. The molecule has 0 unspecified atom stereocenters. The van der Waals surface area contributed by atoms with Crippen LogP contribution in [-0.2, 0) is 14.4 Å². The number of hydrogen-bond donors (Lipinski definition) is 1. The van der Waals surface area contributed by atoms with E-state index in [-0.39, 0.29) is 11.8 Å². The third-order valence-corrected chi connectivity index (χ3v) is 7.36. The highest BCUT2D eigenvalue weighted by atomic mass is 16.5. The molecule has 3 heterocycles. The molecule has 3 aliphatic heterocycles. The van der Waals surface area contributed by atoms with Crippen LogP contribution in [0.1, 0.15) is 5.56 Å². The fourth-order valence-electron chi connectivity index (χ4n) is 5.76. The number of benzene rings is 3. The highest BCUT2D eigenvalue weighted by Crippen LogP contribution is 2.49. The minimum absolute atomic E-state index is 0.297. The van der Waals surface area contributed by atoms with Crippen molar-refractivity contribution in [1.29, 1.82) is 0 Å². The molecule has 0 bridgehead atoms. The summed E-state index contributed by atoms with van der Waals surface area (Å²) >= 11 is 0. The zero-order valence-electron chi connectivity index (χ0n) is 20.3. The summed E-state index contributed by atoms with van der Waals surface area (Å²) in [6, 6.07) is 20.3. The molecule has 8 nitrogen and oxygen atoms in total. The van der Waals surface area contributed by atoms with Crippen molar-refractivity contribution >= 4 is 40.9 Å². The van der Waals surface area contributed by atoms with Crippen LogP contribution < -0.4 is 24.6 Å². The van der Waals surface area contributed by atoms with Crippen LogP contribution in [-0.4, -0.2) is 44.0 Å². The summed E-state index contributed by atoms with van der Waals surface area (Å²) in [5.41, 5.74) is 2.67. The van der Waals surface area contributed by atoms with Gasteiger partial charge in [0.25, 0.3) is 0 Å². The van der Waals surface area contributed by atoms with E-state index < -0.39 is 29.8 Å². The molecule has 186 valence electrons. The Balaban J connectivity index is 1.44. The number of fused-ring (bicyclic) bond motifs is 5. The Kier molecular flexibility index (Phi) is 5.44. The van der Waals surface area contributed by atoms with Crippen molar-refractivity contribution in [2.24, 2.45) is 11.8 Å². The number of nitrogens with one attached hydrogen (secondary N) is 1. The van der Waals surface area contributed by atoms with Gasteiger partial charge in [-0.2, -0.15) is 0 Å². The number of anilines is 3. The van der Waals surface area contributed by atoms with Crippen LogP contribution in [0.25, 0.3) is 6.08 Å². The van der Waals surface area contributed by atoms with Crippen LogP contribution in [0, 0.1) is 11.8 Å². The summed E-state index contributed by atoms with van der Waals surface area (Å²) in [5, 5.41) is 2.95. The van der Waals surface area contributed by atoms with E-state index in [2.05, 4.69) is 5.32 Å². The van der Waals surface area contributed by atoms with Crippen LogP contribution in [0.5, 0.6) is 11.5 Å². The molecule has 0 aliphatic carbocycles. The maximum atomic E-state index is 14.0. The first-order valence-corrected chi connectivity index (χ1v) is 12.0. The lowest BCUT2D eigenvalue weighted by Gasteiger charge is -2.36. The lowest BCUT2D eigenvalue weighted by atomic mass is 9.88. The molecule has 8 heteroatoms. The van der Waals surface area contributed by atoms with Crippen molar-refractivity contribution in [2.45, 2.75) is 12.1 Å². The SMILES string of the molecule is COc1ccc(OC)c(NC(=O)[C@H]2[C@H]3C(=O)N(c4ccccc4)C(=O)[C@@H]3[C@H]3C=Cc4ccccc4N32)c1. The molecule has 3 aromatic carbocycles. The van der Waals surface area contributed by atoms with E-state index in [4.69, 9.17) is 9.47 Å². The van der Waals surface area contributed by atoms with E-state index in [1.807, 2.05) is 47.4 Å². The first-order chi connectivity index (χ1) is 18.0. The average Bonchev–Trinajstić information content (AvgIpc) is 3.41. The van der Waals surface area contributed by atoms with Crippen molar-refractivity contribution in [3.8, 4) is 11.5 Å². The summed E-state index contributed by atoms with van der Waals surface area (Å²) in [7, 11) is 3.05. The molecule has 1 N–H and O–H groups in total. The van der Waals surface area contributed by atoms with Gasteiger partial charge in [0.1, 0.15) is 17.5 Å². The van der Waals surface area contributed by atoms with E-state index in [1.165, 1.54) is 19.1 Å². The fraction of sp³-hybridized carbons (Fsp3) is 0.207. The Morgan fingerprint density at radius 1 is 0.865 bits per heavy atom. The smallest absolute Gasteiger partial charge is 0.248 e. The van der Waals surface area contributed by atoms with Gasteiger partial charge >= 0.3 is 0 Å². The number of rotatable bonds is 5. The van der Waals surface area contributed by atoms with Crippen LogP contribution in [0.2, 0.25) is 0 Å². The molecule has 37 heavy (non-hydrogen) atoms. The molecule has 0 aromatic heterocycles. The summed E-state index contributed by atoms with van der Waals surface area (Å²) in [6.45, 7) is 0. The van der Waals surface area contributed by atoms with Gasteiger partial charge in [0.05, 0.1) is 43.5 Å². The number of ether oxygens (including phenoxy) is 2. The first kappa shape index (κ1) is 22.8. The summed E-state index contributed by atoms with van der Waals surface area (Å²) < 4.78 is 10.8. The number of amides is 3. The minimum Gasteiger partial charge on any atom is -0.497 e. The Morgan fingerprint density at radius 3 is 2.35 bits per heavy atom. The van der Waals surface area contributed by atoms with Crippen molar-refractivity contribution < 1.29 is 23.9 Å². The summed E-state index contributed by atoms with van der Waals surface area (Å²) in [4.78, 5) is 44.8. The van der Waals surface area contributed by atoms with Gasteiger partial charge in [0, 0.05) is 11.8 Å². The van der Waals surface area contributed by atoms with Crippen molar-refractivity contribution in [3.63, 3.8) is 0 Å². The molecule has 3 aliphatic rings. The average molecular weight is 496 g/mol. The summed E-state index contributed by atoms with van der Waals surface area (Å²) in [6.07, 6.45) is 3.89. The zero-order valence-corrected chi connectivity index (χ0v) is 20.3. The number of imide groups is 1. The fourth-order valence-corrected chi connectivity index (χ4v) is 5.76. The Labute approximate surface area is 214 Å². The number of methoxy groups -OCH3 is 2. The number of para-hydroxylation sites is 2. The van der Waals surface area contributed by atoms with Gasteiger partial charge in [0.2, 0.25) is 17.7 Å². The Morgan fingerprint density at radius 2 is 1.59 bits per heavy atom. The monoisotopic (exact) mass is 495 g/mol. The van der Waals surface area contributed by atoms with E-state index in [1.54, 1.807) is 42.5 Å². The molecule has 4 atom stereocenters.